The Morgan fingerprint density at radius 3 is 2.18 bits per heavy atom. The third-order valence-corrected chi connectivity index (χ3v) is 8.13. The zero-order valence-corrected chi connectivity index (χ0v) is 20.9. The lowest BCUT2D eigenvalue weighted by Gasteiger charge is -2.25. The van der Waals surface area contributed by atoms with Crippen molar-refractivity contribution >= 4 is 17.9 Å². The normalized spacial score (nSPS) is 27.6. The van der Waals surface area contributed by atoms with E-state index < -0.39 is 0 Å². The summed E-state index contributed by atoms with van der Waals surface area (Å²) < 4.78 is 16.5. The fourth-order valence-corrected chi connectivity index (χ4v) is 5.57. The van der Waals surface area contributed by atoms with Crippen LogP contribution in [-0.2, 0) is 28.6 Å². The number of esters is 3. The van der Waals surface area contributed by atoms with Crippen LogP contribution in [0.5, 0.6) is 0 Å². The Hall–Kier alpha value is -1.59. The fraction of sp³-hybridized carbons (Fsp3) is 0.889. The highest BCUT2D eigenvalue weighted by molar-refractivity contribution is 5.77. The zero-order valence-electron chi connectivity index (χ0n) is 20.9. The summed E-state index contributed by atoms with van der Waals surface area (Å²) in [6.07, 6.45) is 14.0. The topological polar surface area (TPSA) is 78.9 Å². The maximum absolute atomic E-state index is 12.2. The van der Waals surface area contributed by atoms with Crippen molar-refractivity contribution in [3.63, 3.8) is 0 Å². The van der Waals surface area contributed by atoms with Gasteiger partial charge >= 0.3 is 17.9 Å². The van der Waals surface area contributed by atoms with Gasteiger partial charge in [0.15, 0.2) is 0 Å². The first-order valence-corrected chi connectivity index (χ1v) is 13.4. The first kappa shape index (κ1) is 26.0. The smallest absolute Gasteiger partial charge is 0.311 e. The predicted molar refractivity (Wildman–Crippen MR) is 125 cm³/mol. The molecule has 0 N–H and O–H groups in total. The highest BCUT2D eigenvalue weighted by Crippen LogP contribution is 2.55. The second-order valence-electron chi connectivity index (χ2n) is 11.0. The van der Waals surface area contributed by atoms with Gasteiger partial charge in [-0.3, -0.25) is 14.4 Å². The average Bonchev–Trinajstić information content (AvgIpc) is 3.42. The number of unbranched alkanes of at least 4 members (excludes halogenated alkanes) is 9. The molecule has 2 saturated carbocycles. The third-order valence-electron chi connectivity index (χ3n) is 8.13. The molecule has 1 heterocycles. The Kier molecular flexibility index (Phi) is 9.63. The largest absolute Gasteiger partial charge is 0.465 e. The van der Waals surface area contributed by atoms with Gasteiger partial charge in [0.2, 0.25) is 0 Å². The highest BCUT2D eigenvalue weighted by Gasteiger charge is 2.63. The molecule has 2 bridgehead atoms. The summed E-state index contributed by atoms with van der Waals surface area (Å²) in [4.78, 5) is 35.9. The molecule has 3 aliphatic rings. The number of carbonyl (C=O) groups excluding carboxylic acids is 3. The number of hydrogen-bond donors (Lipinski definition) is 0. The molecule has 1 aliphatic heterocycles. The molecule has 0 aromatic rings. The number of fused-ring (bicyclic) bond motifs is 1. The second kappa shape index (κ2) is 12.2. The van der Waals surface area contributed by atoms with Crippen molar-refractivity contribution in [2.24, 2.45) is 23.2 Å². The van der Waals surface area contributed by atoms with E-state index in [0.717, 1.165) is 51.4 Å². The van der Waals surface area contributed by atoms with Crippen molar-refractivity contribution in [3.05, 3.63) is 0 Å². The molecule has 3 rings (SSSR count). The summed E-state index contributed by atoms with van der Waals surface area (Å²) in [5, 5.41) is 0. The van der Waals surface area contributed by atoms with E-state index in [2.05, 4.69) is 0 Å². The molecule has 33 heavy (non-hydrogen) atoms. The molecule has 2 aliphatic carbocycles. The average molecular weight is 465 g/mol. The summed E-state index contributed by atoms with van der Waals surface area (Å²) in [6.45, 7) is 6.42. The van der Waals surface area contributed by atoms with Gasteiger partial charge < -0.3 is 14.2 Å². The van der Waals surface area contributed by atoms with Crippen LogP contribution in [-0.4, -0.2) is 36.7 Å². The molecule has 0 aromatic heterocycles. The van der Waals surface area contributed by atoms with E-state index in [1.165, 1.54) is 32.1 Å². The number of hydrogen-bond acceptors (Lipinski definition) is 6. The van der Waals surface area contributed by atoms with Gasteiger partial charge in [0.25, 0.3) is 0 Å². The second-order valence-corrected chi connectivity index (χ2v) is 11.0. The van der Waals surface area contributed by atoms with Crippen LogP contribution in [0.1, 0.15) is 111 Å². The van der Waals surface area contributed by atoms with E-state index in [1.54, 1.807) is 0 Å². The SMILES string of the molecule is CCC(C)(C)C(=O)OCCCCCCCCCCCCC(=O)OC1C2CC3C(=O)OC1C3C2. The molecule has 3 fully saturated rings. The van der Waals surface area contributed by atoms with E-state index in [1.807, 2.05) is 20.8 Å². The quantitative estimate of drug-likeness (QED) is 0.164. The maximum Gasteiger partial charge on any atom is 0.311 e. The zero-order chi connectivity index (χ0) is 23.8. The minimum Gasteiger partial charge on any atom is -0.465 e. The molecule has 0 amide bonds. The summed E-state index contributed by atoms with van der Waals surface area (Å²) >= 11 is 0. The van der Waals surface area contributed by atoms with Gasteiger partial charge in [0.1, 0.15) is 12.2 Å². The van der Waals surface area contributed by atoms with Gasteiger partial charge in [-0.05, 0) is 46.0 Å². The van der Waals surface area contributed by atoms with Crippen LogP contribution in [0.3, 0.4) is 0 Å². The highest BCUT2D eigenvalue weighted by atomic mass is 16.6. The molecule has 0 radical (unpaired) electrons. The van der Waals surface area contributed by atoms with Crippen LogP contribution in [0.4, 0.5) is 0 Å². The molecule has 188 valence electrons. The molecule has 0 spiro atoms. The van der Waals surface area contributed by atoms with Gasteiger partial charge in [-0.2, -0.15) is 0 Å². The van der Waals surface area contributed by atoms with Crippen molar-refractivity contribution in [3.8, 4) is 0 Å². The lowest BCUT2D eigenvalue weighted by molar-refractivity contribution is -0.161. The van der Waals surface area contributed by atoms with Gasteiger partial charge in [0, 0.05) is 18.3 Å². The Morgan fingerprint density at radius 1 is 0.939 bits per heavy atom. The number of rotatable bonds is 16. The molecule has 6 nitrogen and oxygen atoms in total. The Bertz CT molecular complexity index is 672. The molecule has 1 saturated heterocycles. The van der Waals surface area contributed by atoms with Crippen molar-refractivity contribution in [1.29, 1.82) is 0 Å². The molecular weight excluding hydrogens is 420 g/mol. The Morgan fingerprint density at radius 2 is 1.55 bits per heavy atom. The van der Waals surface area contributed by atoms with Gasteiger partial charge in [0.05, 0.1) is 17.9 Å². The van der Waals surface area contributed by atoms with Crippen LogP contribution in [0.25, 0.3) is 0 Å². The molecule has 5 atom stereocenters. The monoisotopic (exact) mass is 464 g/mol. The van der Waals surface area contributed by atoms with Crippen molar-refractivity contribution < 1.29 is 28.6 Å². The Labute approximate surface area is 199 Å². The number of ether oxygens (including phenoxy) is 3. The summed E-state index contributed by atoms with van der Waals surface area (Å²) in [5.74, 6) is 0.387. The van der Waals surface area contributed by atoms with E-state index in [0.29, 0.717) is 18.9 Å². The lowest BCUT2D eigenvalue weighted by Crippen LogP contribution is -2.35. The summed E-state index contributed by atoms with van der Waals surface area (Å²) in [5.41, 5.74) is -0.369. The summed E-state index contributed by atoms with van der Waals surface area (Å²) in [7, 11) is 0. The molecular formula is C27H44O6. The number of carbonyl (C=O) groups is 3. The van der Waals surface area contributed by atoms with Crippen LogP contribution in [0.2, 0.25) is 0 Å². The van der Waals surface area contributed by atoms with Crippen LogP contribution in [0, 0.1) is 23.2 Å². The first-order valence-electron chi connectivity index (χ1n) is 13.4. The van der Waals surface area contributed by atoms with E-state index >= 15 is 0 Å². The summed E-state index contributed by atoms with van der Waals surface area (Å²) in [6, 6.07) is 0. The van der Waals surface area contributed by atoms with Crippen molar-refractivity contribution in [2.45, 2.75) is 123 Å². The van der Waals surface area contributed by atoms with Crippen LogP contribution < -0.4 is 0 Å². The molecule has 5 unspecified atom stereocenters. The van der Waals surface area contributed by atoms with E-state index in [9.17, 15) is 14.4 Å². The van der Waals surface area contributed by atoms with E-state index in [4.69, 9.17) is 14.2 Å². The third kappa shape index (κ3) is 6.95. The minimum atomic E-state index is -0.369. The van der Waals surface area contributed by atoms with Gasteiger partial charge in [-0.15, -0.1) is 0 Å². The predicted octanol–water partition coefficient (Wildman–Crippen LogP) is 5.75. The van der Waals surface area contributed by atoms with Crippen LogP contribution >= 0.6 is 0 Å². The van der Waals surface area contributed by atoms with Crippen molar-refractivity contribution in [1.82, 2.24) is 0 Å². The van der Waals surface area contributed by atoms with Crippen molar-refractivity contribution in [2.75, 3.05) is 6.61 Å². The van der Waals surface area contributed by atoms with Crippen LogP contribution in [0.15, 0.2) is 0 Å². The maximum atomic E-state index is 12.2. The Balaban J connectivity index is 1.09. The molecule has 0 aromatic carbocycles. The minimum absolute atomic E-state index is 0.0674. The molecule has 6 heteroatoms. The van der Waals surface area contributed by atoms with E-state index in [-0.39, 0.29) is 47.4 Å². The fourth-order valence-electron chi connectivity index (χ4n) is 5.57. The van der Waals surface area contributed by atoms with Gasteiger partial charge in [-0.1, -0.05) is 58.3 Å². The first-order chi connectivity index (χ1) is 15.8. The van der Waals surface area contributed by atoms with Gasteiger partial charge in [-0.25, -0.2) is 0 Å². The lowest BCUT2D eigenvalue weighted by atomic mass is 9.88. The standard InChI is InChI=1S/C27H44O6/c1-4-27(2,3)26(30)31-16-14-12-10-8-6-5-7-9-11-13-15-22(28)32-23-19-17-20-21(18-19)25(29)33-24(20)23/h19-21,23-24H,4-18H2,1-3H3.